The standard InChI is InChI=1S/C23H26N2OS/c1-16-8-2-3-9-17(16)14-15-24-22(26)18-10-4-5-11-19(18)23-25-20-12-6-7-13-21(20)27-23/h2-3,6-9,12-13,18-19H,4-5,10-11,14-15H2,1H3,(H,24,26)/t18-,19+/m0/s1. The molecule has 0 radical (unpaired) electrons. The summed E-state index contributed by atoms with van der Waals surface area (Å²) in [6.07, 6.45) is 5.24. The first kappa shape index (κ1) is 18.2. The molecule has 0 aliphatic heterocycles. The lowest BCUT2D eigenvalue weighted by atomic mass is 9.79. The number of aryl methyl sites for hydroxylation is 1. The Bertz CT molecular complexity index is 900. The molecule has 1 heterocycles. The van der Waals surface area contributed by atoms with Gasteiger partial charge in [0.2, 0.25) is 5.91 Å². The second-order valence-corrected chi connectivity index (χ2v) is 8.55. The van der Waals surface area contributed by atoms with Crippen LogP contribution in [0.25, 0.3) is 10.2 Å². The molecule has 0 saturated heterocycles. The van der Waals surface area contributed by atoms with Crippen molar-refractivity contribution in [3.05, 3.63) is 64.7 Å². The number of rotatable bonds is 5. The number of nitrogens with zero attached hydrogens (tertiary/aromatic N) is 1. The normalized spacial score (nSPS) is 19.9. The Hall–Kier alpha value is -2.20. The van der Waals surface area contributed by atoms with E-state index in [0.29, 0.717) is 6.54 Å². The van der Waals surface area contributed by atoms with Crippen molar-refractivity contribution in [1.29, 1.82) is 0 Å². The Morgan fingerprint density at radius 1 is 1.11 bits per heavy atom. The van der Waals surface area contributed by atoms with Gasteiger partial charge in [-0.1, -0.05) is 49.2 Å². The average Bonchev–Trinajstić information content (AvgIpc) is 3.13. The monoisotopic (exact) mass is 378 g/mol. The molecule has 1 aliphatic carbocycles. The molecule has 1 N–H and O–H groups in total. The molecule has 1 saturated carbocycles. The predicted molar refractivity (Wildman–Crippen MR) is 112 cm³/mol. The molecule has 4 rings (SSSR count). The fraction of sp³-hybridized carbons (Fsp3) is 0.391. The van der Waals surface area contributed by atoms with Gasteiger partial charge in [-0.15, -0.1) is 11.3 Å². The van der Waals surface area contributed by atoms with E-state index in [-0.39, 0.29) is 17.7 Å². The van der Waals surface area contributed by atoms with E-state index < -0.39 is 0 Å². The van der Waals surface area contributed by atoms with Crippen LogP contribution in [0.5, 0.6) is 0 Å². The highest BCUT2D eigenvalue weighted by atomic mass is 32.1. The van der Waals surface area contributed by atoms with Crippen molar-refractivity contribution in [2.75, 3.05) is 6.54 Å². The third-order valence-electron chi connectivity index (χ3n) is 5.69. The van der Waals surface area contributed by atoms with Crippen molar-refractivity contribution in [3.8, 4) is 0 Å². The zero-order chi connectivity index (χ0) is 18.6. The fourth-order valence-electron chi connectivity index (χ4n) is 4.13. The molecule has 0 spiro atoms. The van der Waals surface area contributed by atoms with E-state index in [2.05, 4.69) is 54.7 Å². The number of para-hydroxylation sites is 1. The first-order valence-corrected chi connectivity index (χ1v) is 10.7. The highest BCUT2D eigenvalue weighted by Crippen LogP contribution is 2.40. The Kier molecular flexibility index (Phi) is 5.53. The largest absolute Gasteiger partial charge is 0.356 e. The maximum Gasteiger partial charge on any atom is 0.223 e. The lowest BCUT2D eigenvalue weighted by Crippen LogP contribution is -2.36. The van der Waals surface area contributed by atoms with Crippen molar-refractivity contribution in [3.63, 3.8) is 0 Å². The van der Waals surface area contributed by atoms with Gasteiger partial charge in [0.25, 0.3) is 0 Å². The summed E-state index contributed by atoms with van der Waals surface area (Å²) in [5.74, 6) is 0.512. The molecular weight excluding hydrogens is 352 g/mol. The maximum absolute atomic E-state index is 12.9. The van der Waals surface area contributed by atoms with Gasteiger partial charge in [0.1, 0.15) is 0 Å². The molecule has 140 valence electrons. The van der Waals surface area contributed by atoms with Crippen LogP contribution in [0.2, 0.25) is 0 Å². The van der Waals surface area contributed by atoms with Crippen LogP contribution < -0.4 is 5.32 Å². The molecule has 1 amide bonds. The number of benzene rings is 2. The van der Waals surface area contributed by atoms with Crippen LogP contribution in [0.1, 0.15) is 47.7 Å². The average molecular weight is 379 g/mol. The minimum atomic E-state index is 0.0520. The van der Waals surface area contributed by atoms with Gasteiger partial charge in [-0.05, 0) is 49.4 Å². The van der Waals surface area contributed by atoms with E-state index in [1.165, 1.54) is 22.2 Å². The number of carbonyl (C=O) groups is 1. The van der Waals surface area contributed by atoms with E-state index in [1.807, 2.05) is 6.07 Å². The number of hydrogen-bond donors (Lipinski definition) is 1. The van der Waals surface area contributed by atoms with Crippen molar-refractivity contribution in [1.82, 2.24) is 10.3 Å². The maximum atomic E-state index is 12.9. The van der Waals surface area contributed by atoms with Crippen LogP contribution in [-0.2, 0) is 11.2 Å². The molecule has 0 bridgehead atoms. The number of carbonyl (C=O) groups excluding carboxylic acids is 1. The highest BCUT2D eigenvalue weighted by molar-refractivity contribution is 7.18. The van der Waals surface area contributed by atoms with Crippen LogP contribution in [0, 0.1) is 12.8 Å². The van der Waals surface area contributed by atoms with Crippen LogP contribution >= 0.6 is 11.3 Å². The third-order valence-corrected chi connectivity index (χ3v) is 6.85. The fourth-order valence-corrected chi connectivity index (χ4v) is 5.30. The zero-order valence-corrected chi connectivity index (χ0v) is 16.6. The molecule has 2 aromatic carbocycles. The number of amides is 1. The topological polar surface area (TPSA) is 42.0 Å². The summed E-state index contributed by atoms with van der Waals surface area (Å²) in [6.45, 7) is 2.83. The molecule has 1 aromatic heterocycles. The quantitative estimate of drug-likeness (QED) is 0.660. The van der Waals surface area contributed by atoms with Gasteiger partial charge in [0.15, 0.2) is 0 Å². The van der Waals surface area contributed by atoms with Crippen molar-refractivity contribution >= 4 is 27.5 Å². The third kappa shape index (κ3) is 4.06. The Balaban J connectivity index is 1.43. The molecule has 4 heteroatoms. The smallest absolute Gasteiger partial charge is 0.223 e. The number of aromatic nitrogens is 1. The summed E-state index contributed by atoms with van der Waals surface area (Å²) >= 11 is 1.76. The van der Waals surface area contributed by atoms with Crippen molar-refractivity contribution in [2.24, 2.45) is 5.92 Å². The van der Waals surface area contributed by atoms with E-state index in [4.69, 9.17) is 4.98 Å². The summed E-state index contributed by atoms with van der Waals surface area (Å²) in [4.78, 5) is 17.8. The Morgan fingerprint density at radius 2 is 1.89 bits per heavy atom. The lowest BCUT2D eigenvalue weighted by Gasteiger charge is -2.29. The minimum Gasteiger partial charge on any atom is -0.356 e. The predicted octanol–water partition coefficient (Wildman–Crippen LogP) is 5.24. The summed E-state index contributed by atoms with van der Waals surface area (Å²) in [5, 5.41) is 4.33. The second kappa shape index (κ2) is 8.22. The summed E-state index contributed by atoms with van der Waals surface area (Å²) < 4.78 is 1.22. The minimum absolute atomic E-state index is 0.0520. The lowest BCUT2D eigenvalue weighted by molar-refractivity contribution is -0.126. The number of nitrogens with one attached hydrogen (secondary N) is 1. The van der Waals surface area contributed by atoms with E-state index in [0.717, 1.165) is 36.2 Å². The molecule has 27 heavy (non-hydrogen) atoms. The van der Waals surface area contributed by atoms with Gasteiger partial charge >= 0.3 is 0 Å². The molecule has 3 aromatic rings. The first-order valence-electron chi connectivity index (χ1n) is 9.90. The number of thiazole rings is 1. The molecule has 2 atom stereocenters. The van der Waals surface area contributed by atoms with E-state index in [1.54, 1.807) is 11.3 Å². The second-order valence-electron chi connectivity index (χ2n) is 7.48. The Morgan fingerprint density at radius 3 is 2.74 bits per heavy atom. The van der Waals surface area contributed by atoms with Gasteiger partial charge in [-0.3, -0.25) is 4.79 Å². The molecule has 3 nitrogen and oxygen atoms in total. The first-order chi connectivity index (χ1) is 13.2. The van der Waals surface area contributed by atoms with Crippen LogP contribution in [-0.4, -0.2) is 17.4 Å². The zero-order valence-electron chi connectivity index (χ0n) is 15.8. The number of hydrogen-bond acceptors (Lipinski definition) is 3. The van der Waals surface area contributed by atoms with Gasteiger partial charge in [-0.25, -0.2) is 4.98 Å². The molecule has 1 fully saturated rings. The summed E-state index contributed by atoms with van der Waals surface area (Å²) in [6, 6.07) is 16.7. The molecular formula is C23H26N2OS. The Labute approximate surface area is 164 Å². The molecule has 0 unspecified atom stereocenters. The highest BCUT2D eigenvalue weighted by Gasteiger charge is 2.33. The van der Waals surface area contributed by atoms with Gasteiger partial charge < -0.3 is 5.32 Å². The van der Waals surface area contributed by atoms with Crippen LogP contribution in [0.4, 0.5) is 0 Å². The molecule has 1 aliphatic rings. The van der Waals surface area contributed by atoms with Crippen molar-refractivity contribution < 1.29 is 4.79 Å². The van der Waals surface area contributed by atoms with E-state index >= 15 is 0 Å². The van der Waals surface area contributed by atoms with Gasteiger partial charge in [-0.2, -0.15) is 0 Å². The van der Waals surface area contributed by atoms with Gasteiger partial charge in [0, 0.05) is 18.4 Å². The van der Waals surface area contributed by atoms with Crippen LogP contribution in [0.15, 0.2) is 48.5 Å². The van der Waals surface area contributed by atoms with E-state index in [9.17, 15) is 4.79 Å². The number of fused-ring (bicyclic) bond motifs is 1. The van der Waals surface area contributed by atoms with Crippen LogP contribution in [0.3, 0.4) is 0 Å². The van der Waals surface area contributed by atoms with Crippen molar-refractivity contribution in [2.45, 2.75) is 44.9 Å². The summed E-state index contributed by atoms with van der Waals surface area (Å²) in [5.41, 5.74) is 3.66. The SMILES string of the molecule is Cc1ccccc1CCNC(=O)[C@H]1CCCC[C@H]1c1nc2ccccc2s1. The summed E-state index contributed by atoms with van der Waals surface area (Å²) in [7, 11) is 0. The van der Waals surface area contributed by atoms with Gasteiger partial charge in [0.05, 0.1) is 15.2 Å².